The molecule has 0 saturated heterocycles. The number of fused-ring (bicyclic) bond motifs is 1. The molecular formula is C16H15N5O2S2. The summed E-state index contributed by atoms with van der Waals surface area (Å²) in [6.07, 6.45) is 3.23. The van der Waals surface area contributed by atoms with Crippen molar-refractivity contribution in [3.05, 3.63) is 48.0 Å². The van der Waals surface area contributed by atoms with Crippen LogP contribution in [0.1, 0.15) is 4.88 Å². The molecule has 0 aliphatic rings. The van der Waals surface area contributed by atoms with Crippen LogP contribution in [0.5, 0.6) is 0 Å². The van der Waals surface area contributed by atoms with E-state index in [0.717, 1.165) is 9.75 Å². The summed E-state index contributed by atoms with van der Waals surface area (Å²) < 4.78 is 1.18. The third kappa shape index (κ3) is 3.95. The predicted molar refractivity (Wildman–Crippen MR) is 101 cm³/mol. The van der Waals surface area contributed by atoms with Gasteiger partial charge in [0.15, 0.2) is 5.65 Å². The molecule has 7 nitrogen and oxygen atoms in total. The maximum Gasteiger partial charge on any atom is 0.333 e. The van der Waals surface area contributed by atoms with Crippen LogP contribution in [0.25, 0.3) is 21.7 Å². The minimum absolute atomic E-state index is 0.00889. The fourth-order valence-electron chi connectivity index (χ4n) is 2.07. The first kappa shape index (κ1) is 17.3. The number of aliphatic hydroxyl groups excluding tert-OH is 1. The van der Waals surface area contributed by atoms with Gasteiger partial charge in [-0.1, -0.05) is 18.9 Å². The molecule has 0 aliphatic heterocycles. The topological polar surface area (TPSA) is 91.2 Å². The number of carbonyl (C=O) groups excluding carboxylic acids is 1. The molecule has 0 spiro atoms. The van der Waals surface area contributed by atoms with Crippen molar-refractivity contribution in [3.8, 4) is 10.6 Å². The van der Waals surface area contributed by atoms with Crippen LogP contribution >= 0.6 is 24.2 Å². The van der Waals surface area contributed by atoms with Gasteiger partial charge in [-0.15, -0.1) is 17.9 Å². The fourth-order valence-corrected chi connectivity index (χ4v) is 3.05. The van der Waals surface area contributed by atoms with Gasteiger partial charge >= 0.3 is 6.03 Å². The van der Waals surface area contributed by atoms with E-state index in [4.69, 9.17) is 0 Å². The van der Waals surface area contributed by atoms with Gasteiger partial charge in [0.25, 0.3) is 0 Å². The zero-order chi connectivity index (χ0) is 17.8. The van der Waals surface area contributed by atoms with Crippen molar-refractivity contribution >= 4 is 47.2 Å². The lowest BCUT2D eigenvalue weighted by Gasteiger charge is -2.13. The lowest BCUT2D eigenvalue weighted by molar-refractivity contribution is 0.241. The van der Waals surface area contributed by atoms with Crippen molar-refractivity contribution < 1.29 is 9.90 Å². The minimum atomic E-state index is -0.412. The van der Waals surface area contributed by atoms with E-state index in [0.29, 0.717) is 29.2 Å². The molecule has 2 amide bonds. The number of carbonyl (C=O) groups is 1. The van der Waals surface area contributed by atoms with Gasteiger partial charge in [0.1, 0.15) is 17.0 Å². The molecule has 0 bridgehead atoms. The van der Waals surface area contributed by atoms with Crippen LogP contribution in [0.15, 0.2) is 43.1 Å². The highest BCUT2D eigenvalue weighted by molar-refractivity contribution is 7.78. The number of pyridine rings is 1. The minimum Gasteiger partial charge on any atom is -0.391 e. The number of urea groups is 1. The average molecular weight is 373 g/mol. The number of anilines is 1. The molecule has 128 valence electrons. The van der Waals surface area contributed by atoms with Gasteiger partial charge in [0.2, 0.25) is 0 Å². The number of thiol groups is 1. The van der Waals surface area contributed by atoms with E-state index < -0.39 is 6.03 Å². The standard InChI is InChI=1S/C16H15N5O2S2/c1-2-7-21(24)16(23)20-14-6-4-11-15(19-14)18-12(8-17-11)13-5-3-10(9-22)25-13/h2-6,8,22,24H,1,7,9H2,(H,18,19,20,23). The largest absolute Gasteiger partial charge is 0.391 e. The Hall–Kier alpha value is -2.49. The third-order valence-electron chi connectivity index (χ3n) is 3.25. The van der Waals surface area contributed by atoms with Gasteiger partial charge < -0.3 is 5.11 Å². The lowest BCUT2D eigenvalue weighted by Crippen LogP contribution is -2.27. The molecule has 0 unspecified atom stereocenters. The second kappa shape index (κ2) is 7.60. The van der Waals surface area contributed by atoms with Crippen LogP contribution in [0, 0.1) is 0 Å². The van der Waals surface area contributed by atoms with Crippen molar-refractivity contribution in [2.75, 3.05) is 11.9 Å². The van der Waals surface area contributed by atoms with E-state index in [1.54, 1.807) is 24.4 Å². The van der Waals surface area contributed by atoms with E-state index in [2.05, 4.69) is 39.7 Å². The first-order chi connectivity index (χ1) is 12.1. The van der Waals surface area contributed by atoms with Crippen molar-refractivity contribution in [3.63, 3.8) is 0 Å². The quantitative estimate of drug-likeness (QED) is 0.472. The average Bonchev–Trinajstić information content (AvgIpc) is 3.10. The zero-order valence-corrected chi connectivity index (χ0v) is 14.8. The first-order valence-electron chi connectivity index (χ1n) is 7.32. The molecule has 9 heteroatoms. The number of nitrogens with zero attached hydrogens (tertiary/aromatic N) is 4. The summed E-state index contributed by atoms with van der Waals surface area (Å²) in [5, 5.41) is 11.8. The summed E-state index contributed by atoms with van der Waals surface area (Å²) in [7, 11) is 0. The van der Waals surface area contributed by atoms with Crippen LogP contribution in [0.2, 0.25) is 0 Å². The van der Waals surface area contributed by atoms with E-state index in [1.807, 2.05) is 12.1 Å². The second-order valence-electron chi connectivity index (χ2n) is 5.02. The number of hydrogen-bond acceptors (Lipinski definition) is 7. The molecule has 0 radical (unpaired) electrons. The number of rotatable bonds is 5. The number of hydrogen-bond donors (Lipinski definition) is 3. The van der Waals surface area contributed by atoms with Crippen LogP contribution in [-0.2, 0) is 6.61 Å². The Labute approximate surface area is 153 Å². The van der Waals surface area contributed by atoms with Crippen molar-refractivity contribution in [1.29, 1.82) is 0 Å². The van der Waals surface area contributed by atoms with Gasteiger partial charge in [-0.05, 0) is 24.3 Å². The van der Waals surface area contributed by atoms with Crippen LogP contribution < -0.4 is 5.32 Å². The van der Waals surface area contributed by atoms with Crippen LogP contribution in [0.3, 0.4) is 0 Å². The van der Waals surface area contributed by atoms with Crippen LogP contribution in [0.4, 0.5) is 10.6 Å². The predicted octanol–water partition coefficient (Wildman–Crippen LogP) is 3.11. The number of aromatic nitrogens is 3. The van der Waals surface area contributed by atoms with Crippen molar-refractivity contribution in [2.45, 2.75) is 6.61 Å². The molecule has 3 heterocycles. The summed E-state index contributed by atoms with van der Waals surface area (Å²) in [5.74, 6) is 0.356. The zero-order valence-electron chi connectivity index (χ0n) is 13.1. The van der Waals surface area contributed by atoms with Crippen molar-refractivity contribution in [2.24, 2.45) is 0 Å². The molecule has 0 aliphatic carbocycles. The Kier molecular flexibility index (Phi) is 5.27. The molecule has 0 atom stereocenters. The van der Waals surface area contributed by atoms with E-state index in [-0.39, 0.29) is 6.61 Å². The van der Waals surface area contributed by atoms with Gasteiger partial charge in [0.05, 0.1) is 24.2 Å². The lowest BCUT2D eigenvalue weighted by atomic mass is 10.3. The van der Waals surface area contributed by atoms with Gasteiger partial charge in [-0.3, -0.25) is 14.6 Å². The van der Waals surface area contributed by atoms with E-state index >= 15 is 0 Å². The van der Waals surface area contributed by atoms with Gasteiger partial charge in [-0.2, -0.15) is 0 Å². The second-order valence-corrected chi connectivity index (χ2v) is 6.67. The summed E-state index contributed by atoms with van der Waals surface area (Å²) in [4.78, 5) is 26.9. The SMILES string of the molecule is C=CCN(S)C(=O)Nc1ccc2ncc(-c3ccc(CO)s3)nc2n1. The smallest absolute Gasteiger partial charge is 0.333 e. The highest BCUT2D eigenvalue weighted by atomic mass is 32.1. The third-order valence-corrected chi connectivity index (χ3v) is 4.69. The Morgan fingerprint density at radius 1 is 1.36 bits per heavy atom. The molecule has 25 heavy (non-hydrogen) atoms. The van der Waals surface area contributed by atoms with Gasteiger partial charge in [0, 0.05) is 4.88 Å². The summed E-state index contributed by atoms with van der Waals surface area (Å²) >= 11 is 5.50. The van der Waals surface area contributed by atoms with E-state index in [1.165, 1.54) is 15.6 Å². The number of amides is 2. The monoisotopic (exact) mass is 373 g/mol. The summed E-state index contributed by atoms with van der Waals surface area (Å²) in [5.41, 5.74) is 1.70. The van der Waals surface area contributed by atoms with Gasteiger partial charge in [-0.25, -0.2) is 14.8 Å². The summed E-state index contributed by atoms with van der Waals surface area (Å²) in [6.45, 7) is 3.85. The number of thiophene rings is 1. The molecule has 0 saturated carbocycles. The fraction of sp³-hybridized carbons (Fsp3) is 0.125. The first-order valence-corrected chi connectivity index (χ1v) is 8.54. The molecule has 2 N–H and O–H groups in total. The van der Waals surface area contributed by atoms with E-state index in [9.17, 15) is 9.90 Å². The molecule has 3 aromatic heterocycles. The van der Waals surface area contributed by atoms with Crippen molar-refractivity contribution in [1.82, 2.24) is 19.3 Å². The molecule has 0 fully saturated rings. The molecular weight excluding hydrogens is 358 g/mol. The Balaban J connectivity index is 1.88. The molecule has 3 aromatic rings. The molecule has 3 rings (SSSR count). The Morgan fingerprint density at radius 3 is 2.92 bits per heavy atom. The number of aliphatic hydroxyl groups is 1. The highest BCUT2D eigenvalue weighted by Gasteiger charge is 2.11. The maximum absolute atomic E-state index is 12.0. The Morgan fingerprint density at radius 2 is 2.20 bits per heavy atom. The van der Waals surface area contributed by atoms with Crippen LogP contribution in [-0.4, -0.2) is 36.9 Å². The number of nitrogens with one attached hydrogen (secondary N) is 1. The molecule has 0 aromatic carbocycles. The highest BCUT2D eigenvalue weighted by Crippen LogP contribution is 2.27. The maximum atomic E-state index is 12.0. The summed E-state index contributed by atoms with van der Waals surface area (Å²) in [6, 6.07) is 6.70. The normalized spacial score (nSPS) is 10.6. The Bertz CT molecular complexity index is 928.